The van der Waals surface area contributed by atoms with Crippen molar-refractivity contribution in [2.45, 2.75) is 6.92 Å². The first kappa shape index (κ1) is 10.8. The van der Waals surface area contributed by atoms with Gasteiger partial charge in [0.05, 0.1) is 10.6 Å². The van der Waals surface area contributed by atoms with E-state index in [1.165, 1.54) is 30.4 Å². The van der Waals surface area contributed by atoms with Crippen LogP contribution in [0.1, 0.15) is 16.6 Å². The van der Waals surface area contributed by atoms with Gasteiger partial charge in [-0.25, -0.2) is 4.39 Å². The molecule has 1 aromatic carbocycles. The molecule has 2 N–H and O–H groups in total. The summed E-state index contributed by atoms with van der Waals surface area (Å²) in [5.74, 6) is -0.323. The predicted molar refractivity (Wildman–Crippen MR) is 64.1 cm³/mol. The van der Waals surface area contributed by atoms with Crippen molar-refractivity contribution in [2.75, 3.05) is 5.73 Å². The Kier molecular flexibility index (Phi) is 2.75. The van der Waals surface area contributed by atoms with Crippen LogP contribution >= 0.6 is 11.3 Å². The zero-order chi connectivity index (χ0) is 11.7. The van der Waals surface area contributed by atoms with Gasteiger partial charge in [-0.1, -0.05) is 12.1 Å². The molecule has 0 bridgehead atoms. The Morgan fingerprint density at radius 2 is 1.94 bits per heavy atom. The number of benzene rings is 1. The Bertz CT molecular complexity index is 530. The van der Waals surface area contributed by atoms with E-state index in [-0.39, 0.29) is 11.6 Å². The summed E-state index contributed by atoms with van der Waals surface area (Å²) in [4.78, 5) is 12.7. The standard InChI is InChI=1S/C12H10FNOS/c1-7(15)12-10(14)6-11(16-12)8-2-4-9(13)5-3-8/h2-6H,14H2,1H3. The van der Waals surface area contributed by atoms with Crippen molar-refractivity contribution >= 4 is 22.8 Å². The second kappa shape index (κ2) is 4.06. The van der Waals surface area contributed by atoms with Crippen molar-refractivity contribution in [3.8, 4) is 10.4 Å². The van der Waals surface area contributed by atoms with Gasteiger partial charge in [-0.05, 0) is 23.8 Å². The number of anilines is 1. The second-order valence-electron chi connectivity index (χ2n) is 3.46. The van der Waals surface area contributed by atoms with E-state index in [0.29, 0.717) is 10.6 Å². The predicted octanol–water partition coefficient (Wildman–Crippen LogP) is 3.34. The number of rotatable bonds is 2. The smallest absolute Gasteiger partial charge is 0.171 e. The molecule has 1 heterocycles. The number of carbonyl (C=O) groups is 1. The number of ketones is 1. The van der Waals surface area contributed by atoms with Crippen LogP contribution in [0.15, 0.2) is 30.3 Å². The normalized spacial score (nSPS) is 10.4. The van der Waals surface area contributed by atoms with E-state index in [1.807, 2.05) is 0 Å². The summed E-state index contributed by atoms with van der Waals surface area (Å²) in [6.07, 6.45) is 0. The molecule has 0 atom stereocenters. The van der Waals surface area contributed by atoms with Gasteiger partial charge < -0.3 is 5.73 Å². The third-order valence-corrected chi connectivity index (χ3v) is 3.51. The molecule has 0 unspecified atom stereocenters. The van der Waals surface area contributed by atoms with Gasteiger partial charge in [-0.2, -0.15) is 0 Å². The largest absolute Gasteiger partial charge is 0.397 e. The first-order valence-corrected chi connectivity index (χ1v) is 5.56. The molecule has 0 amide bonds. The molecular weight excluding hydrogens is 225 g/mol. The third kappa shape index (κ3) is 1.97. The lowest BCUT2D eigenvalue weighted by Gasteiger charge is -1.95. The van der Waals surface area contributed by atoms with Crippen LogP contribution in [-0.2, 0) is 0 Å². The van der Waals surface area contributed by atoms with Gasteiger partial charge in [0.2, 0.25) is 0 Å². The Morgan fingerprint density at radius 1 is 1.31 bits per heavy atom. The van der Waals surface area contributed by atoms with Gasteiger partial charge in [0, 0.05) is 11.8 Å². The first-order chi connectivity index (χ1) is 7.58. The van der Waals surface area contributed by atoms with Crippen LogP contribution in [-0.4, -0.2) is 5.78 Å². The molecule has 0 aliphatic rings. The molecule has 16 heavy (non-hydrogen) atoms. The minimum Gasteiger partial charge on any atom is -0.397 e. The molecule has 82 valence electrons. The fourth-order valence-corrected chi connectivity index (χ4v) is 2.42. The summed E-state index contributed by atoms with van der Waals surface area (Å²) < 4.78 is 12.7. The highest BCUT2D eigenvalue weighted by Gasteiger charge is 2.11. The maximum absolute atomic E-state index is 12.7. The number of hydrogen-bond acceptors (Lipinski definition) is 3. The summed E-state index contributed by atoms with van der Waals surface area (Å²) in [5.41, 5.74) is 7.07. The van der Waals surface area contributed by atoms with E-state index in [0.717, 1.165) is 10.4 Å². The second-order valence-corrected chi connectivity index (χ2v) is 4.51. The van der Waals surface area contributed by atoms with Crippen molar-refractivity contribution in [1.29, 1.82) is 0 Å². The highest BCUT2D eigenvalue weighted by Crippen LogP contribution is 2.33. The lowest BCUT2D eigenvalue weighted by molar-refractivity contribution is 0.102. The molecule has 0 fully saturated rings. The van der Waals surface area contributed by atoms with Crippen molar-refractivity contribution in [3.05, 3.63) is 41.0 Å². The van der Waals surface area contributed by atoms with Crippen LogP contribution in [0.5, 0.6) is 0 Å². The lowest BCUT2D eigenvalue weighted by Crippen LogP contribution is -1.92. The number of nitrogens with two attached hydrogens (primary N) is 1. The van der Waals surface area contributed by atoms with Crippen molar-refractivity contribution in [2.24, 2.45) is 0 Å². The highest BCUT2D eigenvalue weighted by molar-refractivity contribution is 7.18. The number of halogens is 1. The molecule has 4 heteroatoms. The molecular formula is C12H10FNOS. The van der Waals surface area contributed by atoms with Crippen LogP contribution in [0.25, 0.3) is 10.4 Å². The van der Waals surface area contributed by atoms with Gasteiger partial charge in [-0.3, -0.25) is 4.79 Å². The lowest BCUT2D eigenvalue weighted by atomic mass is 10.2. The van der Waals surface area contributed by atoms with Crippen molar-refractivity contribution < 1.29 is 9.18 Å². The van der Waals surface area contributed by atoms with Crippen molar-refractivity contribution in [3.63, 3.8) is 0 Å². The molecule has 0 saturated heterocycles. The number of nitrogen functional groups attached to an aromatic ring is 1. The molecule has 0 aliphatic carbocycles. The molecule has 2 nitrogen and oxygen atoms in total. The van der Waals surface area contributed by atoms with Gasteiger partial charge in [0.15, 0.2) is 5.78 Å². The van der Waals surface area contributed by atoms with Gasteiger partial charge in [-0.15, -0.1) is 11.3 Å². The Labute approximate surface area is 96.5 Å². The summed E-state index contributed by atoms with van der Waals surface area (Å²) in [6, 6.07) is 7.86. The summed E-state index contributed by atoms with van der Waals surface area (Å²) in [5, 5.41) is 0. The number of carbonyl (C=O) groups excluding carboxylic acids is 1. The quantitative estimate of drug-likeness (QED) is 0.811. The van der Waals surface area contributed by atoms with E-state index in [9.17, 15) is 9.18 Å². The Balaban J connectivity index is 2.45. The minimum absolute atomic E-state index is 0.0455. The molecule has 0 saturated carbocycles. The third-order valence-electron chi connectivity index (χ3n) is 2.21. The van der Waals surface area contributed by atoms with Crippen LogP contribution in [0.3, 0.4) is 0 Å². The zero-order valence-corrected chi connectivity index (χ0v) is 9.48. The molecule has 2 aromatic rings. The summed E-state index contributed by atoms with van der Waals surface area (Å²) in [7, 11) is 0. The maximum Gasteiger partial charge on any atom is 0.171 e. The fraction of sp³-hybridized carbons (Fsp3) is 0.0833. The molecule has 1 aromatic heterocycles. The zero-order valence-electron chi connectivity index (χ0n) is 8.66. The highest BCUT2D eigenvalue weighted by atomic mass is 32.1. The number of Topliss-reactive ketones (excluding diaryl/α,β-unsaturated/α-hetero) is 1. The van der Waals surface area contributed by atoms with Gasteiger partial charge >= 0.3 is 0 Å². The van der Waals surface area contributed by atoms with Gasteiger partial charge in [0.1, 0.15) is 5.82 Å². The molecule has 0 spiro atoms. The average Bonchev–Trinajstić information content (AvgIpc) is 2.61. The fourth-order valence-electron chi connectivity index (χ4n) is 1.44. The topological polar surface area (TPSA) is 43.1 Å². The van der Waals surface area contributed by atoms with Crippen LogP contribution in [0, 0.1) is 5.82 Å². The van der Waals surface area contributed by atoms with E-state index in [2.05, 4.69) is 0 Å². The summed E-state index contributed by atoms with van der Waals surface area (Å²) in [6.45, 7) is 1.48. The Morgan fingerprint density at radius 3 is 2.44 bits per heavy atom. The SMILES string of the molecule is CC(=O)c1sc(-c2ccc(F)cc2)cc1N. The molecule has 2 rings (SSSR count). The average molecular weight is 235 g/mol. The van der Waals surface area contributed by atoms with Crippen molar-refractivity contribution in [1.82, 2.24) is 0 Å². The van der Waals surface area contributed by atoms with E-state index in [1.54, 1.807) is 18.2 Å². The van der Waals surface area contributed by atoms with E-state index in [4.69, 9.17) is 5.73 Å². The molecule has 0 aliphatic heterocycles. The van der Waals surface area contributed by atoms with E-state index < -0.39 is 0 Å². The van der Waals surface area contributed by atoms with Crippen LogP contribution in [0.4, 0.5) is 10.1 Å². The van der Waals surface area contributed by atoms with Gasteiger partial charge in [0.25, 0.3) is 0 Å². The summed E-state index contributed by atoms with van der Waals surface area (Å²) >= 11 is 1.33. The first-order valence-electron chi connectivity index (χ1n) is 4.74. The Hall–Kier alpha value is -1.68. The minimum atomic E-state index is -0.278. The maximum atomic E-state index is 12.7. The van der Waals surface area contributed by atoms with E-state index >= 15 is 0 Å². The number of hydrogen-bond donors (Lipinski definition) is 1. The number of thiophene rings is 1. The monoisotopic (exact) mass is 235 g/mol. The van der Waals surface area contributed by atoms with Crippen LogP contribution in [0.2, 0.25) is 0 Å². The molecule has 0 radical (unpaired) electrons. The van der Waals surface area contributed by atoms with Crippen LogP contribution < -0.4 is 5.73 Å².